The van der Waals surface area contributed by atoms with Crippen molar-refractivity contribution in [1.82, 2.24) is 0 Å². The van der Waals surface area contributed by atoms with Gasteiger partial charge in [0.15, 0.2) is 5.75 Å². The molecule has 1 aromatic carbocycles. The first-order valence-electron chi connectivity index (χ1n) is 5.23. The second-order valence-corrected chi connectivity index (χ2v) is 6.54. The number of hydrogen-bond donors (Lipinski definition) is 1. The second kappa shape index (κ2) is 4.76. The van der Waals surface area contributed by atoms with Crippen LogP contribution in [0.3, 0.4) is 0 Å². The molecule has 0 atom stereocenters. The fourth-order valence-electron chi connectivity index (χ4n) is 1.51. The lowest BCUT2D eigenvalue weighted by atomic mass is 9.86. The van der Waals surface area contributed by atoms with Crippen molar-refractivity contribution in [3.05, 3.63) is 29.8 Å². The summed E-state index contributed by atoms with van der Waals surface area (Å²) in [6, 6.07) is 8.85. The van der Waals surface area contributed by atoms with Gasteiger partial charge < -0.3 is 0 Å². The van der Waals surface area contributed by atoms with Gasteiger partial charge in [0.1, 0.15) is 0 Å². The van der Waals surface area contributed by atoms with Crippen molar-refractivity contribution in [2.75, 3.05) is 10.5 Å². The van der Waals surface area contributed by atoms with Gasteiger partial charge in [-0.1, -0.05) is 39.0 Å². The minimum absolute atomic E-state index is 0.161. The fraction of sp³-hybridized carbons (Fsp3) is 0.417. The monoisotopic (exact) mass is 252 g/mol. The number of nitrogens with one attached hydrogen (secondary N) is 1. The zero-order valence-electron chi connectivity index (χ0n) is 10.2. The van der Waals surface area contributed by atoms with Crippen LogP contribution in [-0.2, 0) is 15.4 Å². The highest BCUT2D eigenvalue weighted by molar-refractivity contribution is 7.92. The van der Waals surface area contributed by atoms with Crippen molar-refractivity contribution >= 4 is 15.7 Å². The lowest BCUT2D eigenvalue weighted by Gasteiger charge is -2.22. The number of para-hydroxylation sites is 1. The molecule has 92 valence electrons. The Morgan fingerprint density at radius 1 is 1.29 bits per heavy atom. The molecular weight excluding hydrogens is 236 g/mol. The number of benzene rings is 1. The Kier molecular flexibility index (Phi) is 3.79. The maximum Gasteiger partial charge on any atom is 0.246 e. The van der Waals surface area contributed by atoms with E-state index >= 15 is 0 Å². The van der Waals surface area contributed by atoms with Gasteiger partial charge in [0.25, 0.3) is 0 Å². The fourth-order valence-corrected chi connectivity index (χ4v) is 2.27. The van der Waals surface area contributed by atoms with Crippen LogP contribution in [0.15, 0.2) is 24.3 Å². The van der Waals surface area contributed by atoms with Crippen LogP contribution in [0.2, 0.25) is 0 Å². The van der Waals surface area contributed by atoms with Crippen LogP contribution in [0.25, 0.3) is 0 Å². The number of hydrogen-bond acceptors (Lipinski definition) is 3. The van der Waals surface area contributed by atoms with Gasteiger partial charge in [-0.2, -0.15) is 5.26 Å². The van der Waals surface area contributed by atoms with Crippen LogP contribution >= 0.6 is 0 Å². The molecule has 0 fully saturated rings. The highest BCUT2D eigenvalue weighted by atomic mass is 32.2. The molecule has 5 heteroatoms. The van der Waals surface area contributed by atoms with Gasteiger partial charge in [-0.3, -0.25) is 4.72 Å². The molecule has 0 saturated carbocycles. The third-order valence-electron chi connectivity index (χ3n) is 2.26. The number of nitrogens with zero attached hydrogens (tertiary/aromatic N) is 1. The normalized spacial score (nSPS) is 11.9. The smallest absolute Gasteiger partial charge is 0.246 e. The average Bonchev–Trinajstić information content (AvgIpc) is 2.15. The van der Waals surface area contributed by atoms with Crippen LogP contribution in [0.1, 0.15) is 26.3 Å². The highest BCUT2D eigenvalue weighted by Gasteiger charge is 2.20. The Balaban J connectivity index is 3.13. The Bertz CT molecular complexity index is 536. The highest BCUT2D eigenvalue weighted by Crippen LogP contribution is 2.29. The van der Waals surface area contributed by atoms with Crippen molar-refractivity contribution in [2.24, 2.45) is 0 Å². The molecule has 0 radical (unpaired) electrons. The largest absolute Gasteiger partial charge is 0.282 e. The molecule has 0 aliphatic heterocycles. The number of nitriles is 1. The van der Waals surface area contributed by atoms with Gasteiger partial charge in [-0.25, -0.2) is 8.42 Å². The molecule has 4 nitrogen and oxygen atoms in total. The summed E-state index contributed by atoms with van der Waals surface area (Å²) in [5.74, 6) is -0.536. The summed E-state index contributed by atoms with van der Waals surface area (Å²) in [4.78, 5) is 0. The second-order valence-electron chi connectivity index (χ2n) is 4.81. The molecule has 0 bridgehead atoms. The maximum absolute atomic E-state index is 11.5. The number of sulfonamides is 1. The standard InChI is InChI=1S/C12H16N2O2S/c1-12(2,3)10-6-4-5-7-11(10)14-17(15,16)9-8-13/h4-7,14H,9H2,1-3H3. The molecule has 0 aliphatic rings. The Hall–Kier alpha value is -1.54. The molecule has 1 rings (SSSR count). The van der Waals surface area contributed by atoms with E-state index in [0.29, 0.717) is 5.69 Å². The van der Waals surface area contributed by atoms with E-state index in [1.54, 1.807) is 18.2 Å². The lowest BCUT2D eigenvalue weighted by molar-refractivity contribution is 0.590. The van der Waals surface area contributed by atoms with Gasteiger partial charge in [0.05, 0.1) is 11.8 Å². The molecular formula is C12H16N2O2S. The van der Waals surface area contributed by atoms with Crippen molar-refractivity contribution in [1.29, 1.82) is 5.26 Å². The molecule has 0 spiro atoms. The summed E-state index contributed by atoms with van der Waals surface area (Å²) < 4.78 is 25.5. The third kappa shape index (κ3) is 3.75. The zero-order valence-corrected chi connectivity index (χ0v) is 11.0. The summed E-state index contributed by atoms with van der Waals surface area (Å²) in [7, 11) is -3.58. The Morgan fingerprint density at radius 2 is 1.88 bits per heavy atom. The zero-order chi connectivity index (χ0) is 13.1. The first kappa shape index (κ1) is 13.5. The van der Waals surface area contributed by atoms with E-state index in [4.69, 9.17) is 5.26 Å². The summed E-state index contributed by atoms with van der Waals surface area (Å²) in [5, 5.41) is 8.44. The van der Waals surface area contributed by atoms with Crippen molar-refractivity contribution in [3.63, 3.8) is 0 Å². The first-order valence-corrected chi connectivity index (χ1v) is 6.88. The van der Waals surface area contributed by atoms with E-state index in [1.165, 1.54) is 0 Å². The minimum Gasteiger partial charge on any atom is -0.282 e. The molecule has 0 amide bonds. The summed E-state index contributed by atoms with van der Waals surface area (Å²) in [6.45, 7) is 6.01. The Labute approximate surface area is 102 Å². The van der Waals surface area contributed by atoms with Gasteiger partial charge in [-0.05, 0) is 17.0 Å². The first-order chi connectivity index (χ1) is 7.76. The predicted octanol–water partition coefficient (Wildman–Crippen LogP) is 2.25. The van der Waals surface area contributed by atoms with Gasteiger partial charge in [0, 0.05) is 0 Å². The molecule has 0 aromatic heterocycles. The quantitative estimate of drug-likeness (QED) is 0.897. The summed E-state index contributed by atoms with van der Waals surface area (Å²) in [6.07, 6.45) is 0. The summed E-state index contributed by atoms with van der Waals surface area (Å²) in [5.41, 5.74) is 1.28. The summed E-state index contributed by atoms with van der Waals surface area (Å²) >= 11 is 0. The van der Waals surface area contributed by atoms with E-state index in [2.05, 4.69) is 4.72 Å². The molecule has 1 N–H and O–H groups in total. The van der Waals surface area contributed by atoms with E-state index in [-0.39, 0.29) is 5.41 Å². The molecule has 1 aromatic rings. The van der Waals surface area contributed by atoms with Crippen LogP contribution in [0.5, 0.6) is 0 Å². The van der Waals surface area contributed by atoms with E-state index < -0.39 is 15.8 Å². The van der Waals surface area contributed by atoms with Crippen molar-refractivity contribution in [2.45, 2.75) is 26.2 Å². The van der Waals surface area contributed by atoms with Gasteiger partial charge in [0.2, 0.25) is 10.0 Å². The van der Waals surface area contributed by atoms with Crippen LogP contribution in [-0.4, -0.2) is 14.2 Å². The SMILES string of the molecule is CC(C)(C)c1ccccc1NS(=O)(=O)CC#N. The van der Waals surface area contributed by atoms with E-state index in [0.717, 1.165) is 5.56 Å². The van der Waals surface area contributed by atoms with Crippen molar-refractivity contribution < 1.29 is 8.42 Å². The van der Waals surface area contributed by atoms with Crippen LogP contribution in [0, 0.1) is 11.3 Å². The van der Waals surface area contributed by atoms with E-state index in [9.17, 15) is 8.42 Å². The predicted molar refractivity (Wildman–Crippen MR) is 68.2 cm³/mol. The maximum atomic E-state index is 11.5. The molecule has 17 heavy (non-hydrogen) atoms. The van der Waals surface area contributed by atoms with Gasteiger partial charge >= 0.3 is 0 Å². The number of rotatable bonds is 3. The Morgan fingerprint density at radius 3 is 2.41 bits per heavy atom. The van der Waals surface area contributed by atoms with Gasteiger partial charge in [-0.15, -0.1) is 0 Å². The number of anilines is 1. The molecule has 0 saturated heterocycles. The van der Waals surface area contributed by atoms with Crippen LogP contribution < -0.4 is 4.72 Å². The molecule has 0 heterocycles. The van der Waals surface area contributed by atoms with E-state index in [1.807, 2.05) is 32.9 Å². The molecule has 0 aliphatic carbocycles. The third-order valence-corrected chi connectivity index (χ3v) is 3.30. The molecule has 0 unspecified atom stereocenters. The topological polar surface area (TPSA) is 70.0 Å². The minimum atomic E-state index is -3.58. The average molecular weight is 252 g/mol. The lowest BCUT2D eigenvalue weighted by Crippen LogP contribution is -2.20. The van der Waals surface area contributed by atoms with Crippen molar-refractivity contribution in [3.8, 4) is 6.07 Å². The van der Waals surface area contributed by atoms with Crippen LogP contribution in [0.4, 0.5) is 5.69 Å².